The molecule has 1 aromatic carbocycles. The van der Waals surface area contributed by atoms with Crippen LogP contribution in [0.25, 0.3) is 0 Å². The van der Waals surface area contributed by atoms with Gasteiger partial charge in [-0.1, -0.05) is 31.0 Å². The van der Waals surface area contributed by atoms with E-state index in [2.05, 4.69) is 13.8 Å². The van der Waals surface area contributed by atoms with Gasteiger partial charge in [0, 0.05) is 5.02 Å². The van der Waals surface area contributed by atoms with Crippen LogP contribution in [0.2, 0.25) is 5.02 Å². The largest absolute Gasteiger partial charge is 0.490 e. The Labute approximate surface area is 91.0 Å². The third-order valence-electron chi connectivity index (χ3n) is 2.17. The fourth-order valence-corrected chi connectivity index (χ4v) is 1.55. The van der Waals surface area contributed by atoms with Crippen LogP contribution in [0.3, 0.4) is 0 Å². The highest BCUT2D eigenvalue weighted by molar-refractivity contribution is 6.30. The number of ether oxygens (including phenoxy) is 1. The SMILES string of the molecule is CCCC(C)Oc1cc(Cl)ccc1C. The lowest BCUT2D eigenvalue weighted by atomic mass is 10.2. The number of halogens is 1. The first-order valence-corrected chi connectivity index (χ1v) is 5.44. The van der Waals surface area contributed by atoms with Gasteiger partial charge < -0.3 is 4.74 Å². The van der Waals surface area contributed by atoms with E-state index in [1.165, 1.54) is 0 Å². The molecule has 0 heterocycles. The Hall–Kier alpha value is -0.690. The lowest BCUT2D eigenvalue weighted by Crippen LogP contribution is -2.11. The van der Waals surface area contributed by atoms with Crippen LogP contribution in [-0.4, -0.2) is 6.10 Å². The molecule has 1 unspecified atom stereocenters. The van der Waals surface area contributed by atoms with Crippen LogP contribution in [0.4, 0.5) is 0 Å². The summed E-state index contributed by atoms with van der Waals surface area (Å²) in [6, 6.07) is 5.74. The van der Waals surface area contributed by atoms with Crippen LogP contribution in [0.1, 0.15) is 32.3 Å². The number of hydrogen-bond donors (Lipinski definition) is 0. The zero-order valence-electron chi connectivity index (χ0n) is 9.01. The summed E-state index contributed by atoms with van der Waals surface area (Å²) in [5, 5.41) is 0.731. The van der Waals surface area contributed by atoms with Crippen molar-refractivity contribution in [1.29, 1.82) is 0 Å². The number of aryl methyl sites for hydroxylation is 1. The summed E-state index contributed by atoms with van der Waals surface area (Å²) in [4.78, 5) is 0. The maximum absolute atomic E-state index is 5.90. The van der Waals surface area contributed by atoms with Crippen LogP contribution < -0.4 is 4.74 Å². The first kappa shape index (κ1) is 11.4. The number of benzene rings is 1. The summed E-state index contributed by atoms with van der Waals surface area (Å²) < 4.78 is 5.78. The highest BCUT2D eigenvalue weighted by atomic mass is 35.5. The van der Waals surface area contributed by atoms with Crippen LogP contribution in [0.5, 0.6) is 5.75 Å². The van der Waals surface area contributed by atoms with Gasteiger partial charge in [-0.3, -0.25) is 0 Å². The lowest BCUT2D eigenvalue weighted by molar-refractivity contribution is 0.208. The second kappa shape index (κ2) is 5.26. The topological polar surface area (TPSA) is 9.23 Å². The summed E-state index contributed by atoms with van der Waals surface area (Å²) in [6.07, 6.45) is 2.48. The molecule has 2 heteroatoms. The van der Waals surface area contributed by atoms with E-state index in [0.29, 0.717) is 0 Å². The lowest BCUT2D eigenvalue weighted by Gasteiger charge is -2.15. The van der Waals surface area contributed by atoms with Crippen molar-refractivity contribution in [2.24, 2.45) is 0 Å². The van der Waals surface area contributed by atoms with Crippen molar-refractivity contribution < 1.29 is 4.74 Å². The first-order chi connectivity index (χ1) is 6.63. The standard InChI is InChI=1S/C12H17ClO/c1-4-5-10(3)14-12-8-11(13)7-6-9(12)2/h6-8,10H,4-5H2,1-3H3. The molecular weight excluding hydrogens is 196 g/mol. The average Bonchev–Trinajstić information content (AvgIpc) is 2.12. The van der Waals surface area contributed by atoms with Gasteiger partial charge in [0.15, 0.2) is 0 Å². The fourth-order valence-electron chi connectivity index (χ4n) is 1.38. The van der Waals surface area contributed by atoms with E-state index in [0.717, 1.165) is 29.2 Å². The van der Waals surface area contributed by atoms with Gasteiger partial charge in [-0.25, -0.2) is 0 Å². The van der Waals surface area contributed by atoms with Gasteiger partial charge >= 0.3 is 0 Å². The minimum atomic E-state index is 0.261. The number of rotatable bonds is 4. The molecule has 0 amide bonds. The molecule has 0 aromatic heterocycles. The summed E-state index contributed by atoms with van der Waals surface area (Å²) in [7, 11) is 0. The monoisotopic (exact) mass is 212 g/mol. The van der Waals surface area contributed by atoms with Gasteiger partial charge in [0.1, 0.15) is 5.75 Å². The normalized spacial score (nSPS) is 12.6. The maximum Gasteiger partial charge on any atom is 0.124 e. The van der Waals surface area contributed by atoms with E-state index in [-0.39, 0.29) is 6.10 Å². The predicted molar refractivity (Wildman–Crippen MR) is 61.2 cm³/mol. The Bertz CT molecular complexity index is 296. The minimum Gasteiger partial charge on any atom is -0.490 e. The zero-order valence-corrected chi connectivity index (χ0v) is 9.77. The van der Waals surface area contributed by atoms with E-state index >= 15 is 0 Å². The minimum absolute atomic E-state index is 0.261. The average molecular weight is 213 g/mol. The molecule has 0 bridgehead atoms. The van der Waals surface area contributed by atoms with Crippen LogP contribution in [0.15, 0.2) is 18.2 Å². The molecule has 0 aliphatic rings. The second-order valence-corrected chi connectivity index (χ2v) is 4.06. The second-order valence-electron chi connectivity index (χ2n) is 3.63. The van der Waals surface area contributed by atoms with Gasteiger partial charge in [0.2, 0.25) is 0 Å². The van der Waals surface area contributed by atoms with E-state index in [1.54, 1.807) is 0 Å². The Kier molecular flexibility index (Phi) is 4.27. The quantitative estimate of drug-likeness (QED) is 0.727. The molecule has 1 aromatic rings. The molecule has 0 saturated heterocycles. The molecular formula is C12H17ClO. The molecule has 1 rings (SSSR count). The molecule has 0 aliphatic carbocycles. The molecule has 1 atom stereocenters. The predicted octanol–water partition coefficient (Wildman–Crippen LogP) is 4.22. The van der Waals surface area contributed by atoms with Crippen molar-refractivity contribution in [3.05, 3.63) is 28.8 Å². The van der Waals surface area contributed by atoms with Crippen molar-refractivity contribution in [3.8, 4) is 5.75 Å². The first-order valence-electron chi connectivity index (χ1n) is 5.06. The highest BCUT2D eigenvalue weighted by Crippen LogP contribution is 2.24. The third kappa shape index (κ3) is 3.22. The van der Waals surface area contributed by atoms with Gasteiger partial charge in [-0.05, 0) is 38.0 Å². The smallest absolute Gasteiger partial charge is 0.124 e. The maximum atomic E-state index is 5.90. The highest BCUT2D eigenvalue weighted by Gasteiger charge is 2.05. The summed E-state index contributed by atoms with van der Waals surface area (Å²) in [6.45, 7) is 6.28. The van der Waals surface area contributed by atoms with Crippen molar-refractivity contribution in [1.82, 2.24) is 0 Å². The molecule has 1 nitrogen and oxygen atoms in total. The van der Waals surface area contributed by atoms with Crippen molar-refractivity contribution in [3.63, 3.8) is 0 Å². The Morgan fingerprint density at radius 2 is 2.14 bits per heavy atom. The van der Waals surface area contributed by atoms with Gasteiger partial charge in [0.05, 0.1) is 6.10 Å². The molecule has 0 N–H and O–H groups in total. The Morgan fingerprint density at radius 3 is 2.79 bits per heavy atom. The molecule has 0 radical (unpaired) electrons. The summed E-state index contributed by atoms with van der Waals surface area (Å²) in [5.41, 5.74) is 1.14. The van der Waals surface area contributed by atoms with Crippen LogP contribution >= 0.6 is 11.6 Å². The van der Waals surface area contributed by atoms with Gasteiger partial charge in [0.25, 0.3) is 0 Å². The molecule has 0 fully saturated rings. The van der Waals surface area contributed by atoms with Crippen molar-refractivity contribution in [2.45, 2.75) is 39.7 Å². The molecule has 0 saturated carbocycles. The fraction of sp³-hybridized carbons (Fsp3) is 0.500. The van der Waals surface area contributed by atoms with Crippen molar-refractivity contribution >= 4 is 11.6 Å². The Balaban J connectivity index is 2.70. The molecule has 0 spiro atoms. The molecule has 78 valence electrons. The zero-order chi connectivity index (χ0) is 10.6. The van der Waals surface area contributed by atoms with E-state index in [9.17, 15) is 0 Å². The molecule has 14 heavy (non-hydrogen) atoms. The molecule has 0 aliphatic heterocycles. The van der Waals surface area contributed by atoms with E-state index < -0.39 is 0 Å². The van der Waals surface area contributed by atoms with Gasteiger partial charge in [-0.15, -0.1) is 0 Å². The van der Waals surface area contributed by atoms with Crippen molar-refractivity contribution in [2.75, 3.05) is 0 Å². The van der Waals surface area contributed by atoms with E-state index in [4.69, 9.17) is 16.3 Å². The van der Waals surface area contributed by atoms with Crippen LogP contribution in [-0.2, 0) is 0 Å². The summed E-state index contributed by atoms with van der Waals surface area (Å²) >= 11 is 5.90. The Morgan fingerprint density at radius 1 is 1.43 bits per heavy atom. The van der Waals surface area contributed by atoms with Gasteiger partial charge in [-0.2, -0.15) is 0 Å². The summed E-state index contributed by atoms with van der Waals surface area (Å²) in [5.74, 6) is 0.901. The van der Waals surface area contributed by atoms with Crippen LogP contribution in [0, 0.1) is 6.92 Å². The number of hydrogen-bond acceptors (Lipinski definition) is 1. The third-order valence-corrected chi connectivity index (χ3v) is 2.41. The van der Waals surface area contributed by atoms with E-state index in [1.807, 2.05) is 25.1 Å².